The molecular formula is C18H16N2O5. The van der Waals surface area contributed by atoms with Crippen LogP contribution in [0.1, 0.15) is 41.0 Å². The van der Waals surface area contributed by atoms with Crippen LogP contribution in [-0.4, -0.2) is 22.7 Å². The van der Waals surface area contributed by atoms with Crippen molar-refractivity contribution in [2.24, 2.45) is 0 Å². The lowest BCUT2D eigenvalue weighted by Gasteiger charge is -2.04. The van der Waals surface area contributed by atoms with Gasteiger partial charge in [-0.3, -0.25) is 0 Å². The van der Waals surface area contributed by atoms with Crippen molar-refractivity contribution in [2.45, 2.75) is 25.9 Å². The van der Waals surface area contributed by atoms with Crippen LogP contribution in [0.3, 0.4) is 0 Å². The van der Waals surface area contributed by atoms with Crippen LogP contribution in [0.25, 0.3) is 11.4 Å². The smallest absolute Gasteiger partial charge is 0.347 e. The number of aromatic nitrogens is 2. The van der Waals surface area contributed by atoms with Crippen LogP contribution in [0.4, 0.5) is 0 Å². The van der Waals surface area contributed by atoms with Crippen molar-refractivity contribution in [3.05, 3.63) is 53.8 Å². The Hall–Kier alpha value is -2.93. The Kier molecular flexibility index (Phi) is 4.07. The lowest BCUT2D eigenvalue weighted by Crippen LogP contribution is -2.08. The van der Waals surface area contributed by atoms with Crippen LogP contribution in [0.2, 0.25) is 0 Å². The summed E-state index contributed by atoms with van der Waals surface area (Å²) >= 11 is 0. The standard InChI is InChI=1S/C18H16N2O5/c1-11-14(8-10-22-11)18(21)24-13-6-4-12(5-7-13)16-19-17(25-20-16)15-3-2-9-23-15/h4-8,10,15H,2-3,9H2,1H3. The number of nitrogens with zero attached hydrogens (tertiary/aromatic N) is 2. The molecule has 1 atom stereocenters. The maximum Gasteiger partial charge on any atom is 0.347 e. The van der Waals surface area contributed by atoms with Crippen molar-refractivity contribution in [3.63, 3.8) is 0 Å². The van der Waals surface area contributed by atoms with E-state index >= 15 is 0 Å². The highest BCUT2D eigenvalue weighted by atomic mass is 16.5. The van der Waals surface area contributed by atoms with E-state index in [9.17, 15) is 4.79 Å². The molecule has 2 aromatic heterocycles. The van der Waals surface area contributed by atoms with Crippen molar-refractivity contribution in [1.29, 1.82) is 0 Å². The van der Waals surface area contributed by atoms with Gasteiger partial charge in [-0.25, -0.2) is 4.79 Å². The third kappa shape index (κ3) is 3.18. The van der Waals surface area contributed by atoms with Gasteiger partial charge in [-0.15, -0.1) is 0 Å². The molecule has 1 aromatic carbocycles. The maximum absolute atomic E-state index is 12.1. The maximum atomic E-state index is 12.1. The lowest BCUT2D eigenvalue weighted by molar-refractivity contribution is 0.0733. The Balaban J connectivity index is 1.47. The van der Waals surface area contributed by atoms with Crippen molar-refractivity contribution in [2.75, 3.05) is 6.61 Å². The summed E-state index contributed by atoms with van der Waals surface area (Å²) < 4.78 is 21.3. The van der Waals surface area contributed by atoms with Crippen LogP contribution < -0.4 is 4.74 Å². The number of esters is 1. The monoisotopic (exact) mass is 340 g/mol. The quantitative estimate of drug-likeness (QED) is 0.528. The molecule has 7 heteroatoms. The van der Waals surface area contributed by atoms with Gasteiger partial charge >= 0.3 is 5.97 Å². The third-order valence-corrected chi connectivity index (χ3v) is 4.05. The van der Waals surface area contributed by atoms with E-state index in [0.29, 0.717) is 28.8 Å². The highest BCUT2D eigenvalue weighted by Gasteiger charge is 2.24. The van der Waals surface area contributed by atoms with Crippen LogP contribution in [0.5, 0.6) is 5.75 Å². The Bertz CT molecular complexity index is 875. The molecule has 128 valence electrons. The summed E-state index contributed by atoms with van der Waals surface area (Å²) in [5.41, 5.74) is 1.18. The molecule has 3 heterocycles. The van der Waals surface area contributed by atoms with Gasteiger partial charge in [0, 0.05) is 12.2 Å². The zero-order valence-electron chi connectivity index (χ0n) is 13.6. The summed E-state index contributed by atoms with van der Waals surface area (Å²) in [6, 6.07) is 8.50. The second-order valence-corrected chi connectivity index (χ2v) is 5.76. The van der Waals surface area contributed by atoms with Gasteiger partial charge in [0.25, 0.3) is 5.89 Å². The van der Waals surface area contributed by atoms with Gasteiger partial charge < -0.3 is 18.4 Å². The minimum atomic E-state index is -0.459. The zero-order chi connectivity index (χ0) is 17.2. The summed E-state index contributed by atoms with van der Waals surface area (Å²) in [6.45, 7) is 2.43. The van der Waals surface area contributed by atoms with Crippen LogP contribution in [-0.2, 0) is 4.74 Å². The van der Waals surface area contributed by atoms with Crippen LogP contribution >= 0.6 is 0 Å². The molecule has 25 heavy (non-hydrogen) atoms. The molecule has 0 radical (unpaired) electrons. The molecule has 0 N–H and O–H groups in total. The number of hydrogen-bond donors (Lipinski definition) is 0. The summed E-state index contributed by atoms with van der Waals surface area (Å²) in [6.07, 6.45) is 3.24. The van der Waals surface area contributed by atoms with E-state index in [1.165, 1.54) is 6.26 Å². The predicted molar refractivity (Wildman–Crippen MR) is 86.1 cm³/mol. The molecule has 1 saturated heterocycles. The molecule has 1 unspecified atom stereocenters. The number of benzene rings is 1. The largest absolute Gasteiger partial charge is 0.469 e. The predicted octanol–water partition coefficient (Wildman–Crippen LogP) is 3.71. The fourth-order valence-corrected chi connectivity index (χ4v) is 2.69. The molecule has 4 rings (SSSR count). The first-order valence-electron chi connectivity index (χ1n) is 8.02. The van der Waals surface area contributed by atoms with Crippen molar-refractivity contribution in [3.8, 4) is 17.1 Å². The van der Waals surface area contributed by atoms with Crippen molar-refractivity contribution in [1.82, 2.24) is 10.1 Å². The van der Waals surface area contributed by atoms with Gasteiger partial charge in [-0.1, -0.05) is 5.16 Å². The number of carbonyl (C=O) groups excluding carboxylic acids is 1. The summed E-state index contributed by atoms with van der Waals surface area (Å²) in [5.74, 6) is 1.47. The number of hydrogen-bond acceptors (Lipinski definition) is 7. The first kappa shape index (κ1) is 15.6. The normalized spacial score (nSPS) is 16.9. The Morgan fingerprint density at radius 3 is 2.76 bits per heavy atom. The van der Waals surface area contributed by atoms with Gasteiger partial charge in [0.2, 0.25) is 5.82 Å². The van der Waals surface area contributed by atoms with Gasteiger partial charge in [0.1, 0.15) is 23.2 Å². The number of carbonyl (C=O) groups is 1. The lowest BCUT2D eigenvalue weighted by atomic mass is 10.2. The zero-order valence-corrected chi connectivity index (χ0v) is 13.6. The molecule has 7 nitrogen and oxygen atoms in total. The molecule has 0 bridgehead atoms. The van der Waals surface area contributed by atoms with Gasteiger partial charge in [-0.2, -0.15) is 4.98 Å². The Morgan fingerprint density at radius 1 is 1.24 bits per heavy atom. The Morgan fingerprint density at radius 2 is 2.08 bits per heavy atom. The molecule has 1 fully saturated rings. The number of rotatable bonds is 4. The van der Waals surface area contributed by atoms with E-state index in [4.69, 9.17) is 18.4 Å². The molecular weight excluding hydrogens is 324 g/mol. The fourth-order valence-electron chi connectivity index (χ4n) is 2.69. The van der Waals surface area contributed by atoms with E-state index in [2.05, 4.69) is 10.1 Å². The van der Waals surface area contributed by atoms with Gasteiger partial charge in [0.05, 0.1) is 6.26 Å². The average molecular weight is 340 g/mol. The van der Waals surface area contributed by atoms with Gasteiger partial charge in [-0.05, 0) is 50.1 Å². The third-order valence-electron chi connectivity index (χ3n) is 4.05. The second kappa shape index (κ2) is 6.52. The first-order chi connectivity index (χ1) is 12.2. The first-order valence-corrected chi connectivity index (χ1v) is 8.02. The topological polar surface area (TPSA) is 87.6 Å². The molecule has 0 saturated carbocycles. The average Bonchev–Trinajstić information content (AvgIpc) is 3.36. The molecule has 0 amide bonds. The van der Waals surface area contributed by atoms with E-state index in [1.807, 2.05) is 0 Å². The van der Waals surface area contributed by atoms with E-state index in [-0.39, 0.29) is 6.10 Å². The van der Waals surface area contributed by atoms with Crippen LogP contribution in [0, 0.1) is 6.92 Å². The molecule has 1 aliphatic heterocycles. The second-order valence-electron chi connectivity index (χ2n) is 5.76. The molecule has 1 aliphatic rings. The number of ether oxygens (including phenoxy) is 2. The number of aryl methyl sites for hydroxylation is 1. The highest BCUT2D eigenvalue weighted by molar-refractivity contribution is 5.92. The minimum absolute atomic E-state index is 0.111. The highest BCUT2D eigenvalue weighted by Crippen LogP contribution is 2.29. The summed E-state index contributed by atoms with van der Waals surface area (Å²) in [4.78, 5) is 16.4. The molecule has 0 spiro atoms. The van der Waals surface area contributed by atoms with E-state index in [0.717, 1.165) is 25.0 Å². The fraction of sp³-hybridized carbons (Fsp3) is 0.278. The number of furan rings is 1. The van der Waals surface area contributed by atoms with Crippen LogP contribution in [0.15, 0.2) is 45.5 Å². The summed E-state index contributed by atoms with van der Waals surface area (Å²) in [5, 5.41) is 3.99. The minimum Gasteiger partial charge on any atom is -0.469 e. The van der Waals surface area contributed by atoms with Crippen molar-refractivity contribution < 1.29 is 23.2 Å². The summed E-state index contributed by atoms with van der Waals surface area (Å²) in [7, 11) is 0. The molecule has 3 aromatic rings. The van der Waals surface area contributed by atoms with Crippen molar-refractivity contribution >= 4 is 5.97 Å². The van der Waals surface area contributed by atoms with E-state index < -0.39 is 5.97 Å². The molecule has 0 aliphatic carbocycles. The Labute approximate surface area is 143 Å². The van der Waals surface area contributed by atoms with Gasteiger partial charge in [0.15, 0.2) is 0 Å². The van der Waals surface area contributed by atoms with E-state index in [1.54, 1.807) is 37.3 Å². The SMILES string of the molecule is Cc1occc1C(=O)Oc1ccc(-c2noc(C3CCCO3)n2)cc1.